The van der Waals surface area contributed by atoms with Gasteiger partial charge in [-0.2, -0.15) is 0 Å². The number of fused-ring (bicyclic) bond motifs is 1. The number of aromatic amines is 1. The molecule has 0 radical (unpaired) electrons. The van der Waals surface area contributed by atoms with E-state index in [1.807, 2.05) is 0 Å². The highest BCUT2D eigenvalue weighted by Gasteiger charge is 2.10. The molecule has 2 aromatic heterocycles. The van der Waals surface area contributed by atoms with Crippen LogP contribution in [0.1, 0.15) is 5.56 Å². The standard InChI is InChI=1S/C9H7BrN2O2/c10-6-1-2-11-9-8(6)5(4-12-9)3-7(13)14/h1-2,4H,3H2,(H,11,12)(H,13,14). The van der Waals surface area contributed by atoms with E-state index in [1.165, 1.54) is 0 Å². The lowest BCUT2D eigenvalue weighted by Gasteiger charge is -1.96. The quantitative estimate of drug-likeness (QED) is 0.861. The Labute approximate surface area is 88.1 Å². The monoisotopic (exact) mass is 254 g/mol. The van der Waals surface area contributed by atoms with Crippen LogP contribution in [-0.4, -0.2) is 21.0 Å². The van der Waals surface area contributed by atoms with E-state index in [1.54, 1.807) is 18.5 Å². The van der Waals surface area contributed by atoms with Crippen molar-refractivity contribution >= 4 is 32.9 Å². The molecule has 0 amide bonds. The number of carboxylic acid groups (broad SMARTS) is 1. The maximum absolute atomic E-state index is 10.6. The van der Waals surface area contributed by atoms with Gasteiger partial charge in [0.25, 0.3) is 0 Å². The third kappa shape index (κ3) is 1.50. The van der Waals surface area contributed by atoms with E-state index in [0.717, 1.165) is 15.4 Å². The number of nitrogens with one attached hydrogen (secondary N) is 1. The van der Waals surface area contributed by atoms with E-state index in [-0.39, 0.29) is 6.42 Å². The zero-order valence-corrected chi connectivity index (χ0v) is 8.71. The van der Waals surface area contributed by atoms with Crippen molar-refractivity contribution in [2.24, 2.45) is 0 Å². The van der Waals surface area contributed by atoms with Crippen LogP contribution in [0.2, 0.25) is 0 Å². The molecule has 0 bridgehead atoms. The van der Waals surface area contributed by atoms with E-state index < -0.39 is 5.97 Å². The number of aromatic nitrogens is 2. The van der Waals surface area contributed by atoms with Crippen LogP contribution >= 0.6 is 15.9 Å². The first-order chi connectivity index (χ1) is 6.68. The van der Waals surface area contributed by atoms with E-state index >= 15 is 0 Å². The van der Waals surface area contributed by atoms with Crippen molar-refractivity contribution in [1.29, 1.82) is 0 Å². The zero-order chi connectivity index (χ0) is 10.1. The summed E-state index contributed by atoms with van der Waals surface area (Å²) in [5.74, 6) is -0.846. The predicted molar refractivity (Wildman–Crippen MR) is 55.1 cm³/mol. The van der Waals surface area contributed by atoms with Crippen molar-refractivity contribution in [3.8, 4) is 0 Å². The van der Waals surface area contributed by atoms with Crippen molar-refractivity contribution < 1.29 is 9.90 Å². The van der Waals surface area contributed by atoms with Gasteiger partial charge in [-0.05, 0) is 27.6 Å². The molecule has 2 aromatic rings. The molecule has 5 heteroatoms. The highest BCUT2D eigenvalue weighted by atomic mass is 79.9. The third-order valence-corrected chi connectivity index (χ3v) is 2.61. The van der Waals surface area contributed by atoms with Crippen LogP contribution in [0.4, 0.5) is 0 Å². The molecule has 0 aliphatic rings. The Kier molecular flexibility index (Phi) is 2.25. The number of hydrogen-bond acceptors (Lipinski definition) is 2. The van der Waals surface area contributed by atoms with E-state index in [2.05, 4.69) is 25.9 Å². The van der Waals surface area contributed by atoms with Crippen LogP contribution in [0.15, 0.2) is 22.9 Å². The third-order valence-electron chi connectivity index (χ3n) is 1.95. The van der Waals surface area contributed by atoms with Gasteiger partial charge in [-0.3, -0.25) is 4.79 Å². The van der Waals surface area contributed by atoms with Crippen LogP contribution < -0.4 is 0 Å². The molecular weight excluding hydrogens is 248 g/mol. The SMILES string of the molecule is O=C(O)Cc1c[nH]c2nccc(Br)c12. The summed E-state index contributed by atoms with van der Waals surface area (Å²) < 4.78 is 0.861. The molecule has 0 fully saturated rings. The zero-order valence-electron chi connectivity index (χ0n) is 7.12. The molecule has 0 atom stereocenters. The van der Waals surface area contributed by atoms with Gasteiger partial charge in [0.2, 0.25) is 0 Å². The molecule has 0 unspecified atom stereocenters. The topological polar surface area (TPSA) is 66.0 Å². The number of rotatable bonds is 2. The average molecular weight is 255 g/mol. The van der Waals surface area contributed by atoms with Crippen LogP contribution in [0, 0.1) is 0 Å². The molecule has 0 aromatic carbocycles. The van der Waals surface area contributed by atoms with Gasteiger partial charge in [-0.25, -0.2) is 4.98 Å². The van der Waals surface area contributed by atoms with Crippen LogP contribution in [0.5, 0.6) is 0 Å². The molecular formula is C9H7BrN2O2. The number of pyridine rings is 1. The van der Waals surface area contributed by atoms with Crippen molar-refractivity contribution in [3.63, 3.8) is 0 Å². The number of carboxylic acids is 1. The molecule has 2 N–H and O–H groups in total. The summed E-state index contributed by atoms with van der Waals surface area (Å²) in [6, 6.07) is 1.79. The van der Waals surface area contributed by atoms with Gasteiger partial charge in [0.05, 0.1) is 6.42 Å². The van der Waals surface area contributed by atoms with Gasteiger partial charge in [0.1, 0.15) is 5.65 Å². The van der Waals surface area contributed by atoms with Gasteiger partial charge >= 0.3 is 5.97 Å². The lowest BCUT2D eigenvalue weighted by molar-refractivity contribution is -0.136. The van der Waals surface area contributed by atoms with Crippen molar-refractivity contribution in [2.75, 3.05) is 0 Å². The summed E-state index contributed by atoms with van der Waals surface area (Å²) in [6.45, 7) is 0. The van der Waals surface area contributed by atoms with Gasteiger partial charge in [0, 0.05) is 22.3 Å². The lowest BCUT2D eigenvalue weighted by atomic mass is 10.2. The molecule has 2 rings (SSSR count). The normalized spacial score (nSPS) is 10.6. The Morgan fingerprint density at radius 3 is 3.14 bits per heavy atom. The number of halogens is 1. The van der Waals surface area contributed by atoms with Gasteiger partial charge < -0.3 is 10.1 Å². The summed E-state index contributed by atoms with van der Waals surface area (Å²) in [4.78, 5) is 17.6. The van der Waals surface area contributed by atoms with Crippen LogP contribution in [0.3, 0.4) is 0 Å². The number of hydrogen-bond donors (Lipinski definition) is 2. The molecule has 0 spiro atoms. The van der Waals surface area contributed by atoms with E-state index in [4.69, 9.17) is 5.11 Å². The Balaban J connectivity index is 2.61. The molecule has 4 nitrogen and oxygen atoms in total. The molecule has 0 saturated heterocycles. The molecule has 0 aliphatic heterocycles. The molecule has 72 valence electrons. The smallest absolute Gasteiger partial charge is 0.307 e. The first kappa shape index (κ1) is 9.21. The van der Waals surface area contributed by atoms with E-state index in [9.17, 15) is 4.79 Å². The highest BCUT2D eigenvalue weighted by molar-refractivity contribution is 9.10. The Morgan fingerprint density at radius 1 is 1.64 bits per heavy atom. The molecule has 0 aliphatic carbocycles. The Morgan fingerprint density at radius 2 is 2.43 bits per heavy atom. The minimum atomic E-state index is -0.846. The molecule has 14 heavy (non-hydrogen) atoms. The lowest BCUT2D eigenvalue weighted by Crippen LogP contribution is -1.99. The number of aliphatic carboxylic acids is 1. The first-order valence-corrected chi connectivity index (χ1v) is 4.80. The number of nitrogens with zero attached hydrogens (tertiary/aromatic N) is 1. The maximum Gasteiger partial charge on any atom is 0.307 e. The number of H-pyrrole nitrogens is 1. The summed E-state index contributed by atoms with van der Waals surface area (Å²) in [6.07, 6.45) is 3.34. The second-order valence-corrected chi connectivity index (χ2v) is 3.76. The fraction of sp³-hybridized carbons (Fsp3) is 0.111. The average Bonchev–Trinajstić information content (AvgIpc) is 2.49. The van der Waals surface area contributed by atoms with E-state index in [0.29, 0.717) is 5.65 Å². The predicted octanol–water partition coefficient (Wildman–Crippen LogP) is 1.95. The summed E-state index contributed by atoms with van der Waals surface area (Å²) >= 11 is 3.36. The second kappa shape index (κ2) is 3.42. The minimum Gasteiger partial charge on any atom is -0.481 e. The first-order valence-electron chi connectivity index (χ1n) is 4.00. The molecule has 2 heterocycles. The van der Waals surface area contributed by atoms with Gasteiger partial charge in [-0.1, -0.05) is 0 Å². The largest absolute Gasteiger partial charge is 0.481 e. The fourth-order valence-electron chi connectivity index (χ4n) is 1.38. The Bertz CT molecular complexity index is 493. The van der Waals surface area contributed by atoms with Crippen molar-refractivity contribution in [2.45, 2.75) is 6.42 Å². The van der Waals surface area contributed by atoms with Crippen LogP contribution in [0.25, 0.3) is 11.0 Å². The summed E-state index contributed by atoms with van der Waals surface area (Å²) in [5.41, 5.74) is 1.45. The van der Waals surface area contributed by atoms with Gasteiger partial charge in [-0.15, -0.1) is 0 Å². The highest BCUT2D eigenvalue weighted by Crippen LogP contribution is 2.25. The summed E-state index contributed by atoms with van der Waals surface area (Å²) in [5, 5.41) is 9.53. The summed E-state index contributed by atoms with van der Waals surface area (Å²) in [7, 11) is 0. The van der Waals surface area contributed by atoms with Crippen molar-refractivity contribution in [1.82, 2.24) is 9.97 Å². The number of carbonyl (C=O) groups is 1. The van der Waals surface area contributed by atoms with Gasteiger partial charge in [0.15, 0.2) is 0 Å². The Hall–Kier alpha value is -1.36. The minimum absolute atomic E-state index is 0.00426. The second-order valence-electron chi connectivity index (χ2n) is 2.90. The maximum atomic E-state index is 10.6. The fourth-order valence-corrected chi connectivity index (χ4v) is 1.94. The molecule has 0 saturated carbocycles. The van der Waals surface area contributed by atoms with Crippen molar-refractivity contribution in [3.05, 3.63) is 28.5 Å². The van der Waals surface area contributed by atoms with Crippen LogP contribution in [-0.2, 0) is 11.2 Å².